The van der Waals surface area contributed by atoms with Gasteiger partial charge < -0.3 is 10.2 Å². The molecule has 1 N–H and O–H groups in total. The monoisotopic (exact) mass is 413 g/mol. The zero-order valence-electron chi connectivity index (χ0n) is 17.7. The summed E-state index contributed by atoms with van der Waals surface area (Å²) < 4.78 is 13.0. The Bertz CT molecular complexity index is 901. The fourth-order valence-corrected chi connectivity index (χ4v) is 3.54. The van der Waals surface area contributed by atoms with Crippen LogP contribution in [0.15, 0.2) is 30.5 Å². The van der Waals surface area contributed by atoms with E-state index in [2.05, 4.69) is 20.2 Å². The summed E-state index contributed by atoms with van der Waals surface area (Å²) in [5.41, 5.74) is 1.82. The predicted molar refractivity (Wildman–Crippen MR) is 111 cm³/mol. The van der Waals surface area contributed by atoms with E-state index in [4.69, 9.17) is 0 Å². The topological polar surface area (TPSA) is 78.4 Å². The van der Waals surface area contributed by atoms with Gasteiger partial charge in [-0.2, -0.15) is 0 Å². The average molecular weight is 413 g/mol. The minimum Gasteiger partial charge on any atom is -0.348 e. The van der Waals surface area contributed by atoms with Crippen molar-refractivity contribution in [2.24, 2.45) is 0 Å². The first kappa shape index (κ1) is 21.8. The summed E-state index contributed by atoms with van der Waals surface area (Å²) in [6, 6.07) is 5.96. The van der Waals surface area contributed by atoms with E-state index in [0.29, 0.717) is 30.2 Å². The lowest BCUT2D eigenvalue weighted by Crippen LogP contribution is -2.41. The molecule has 8 heteroatoms. The van der Waals surface area contributed by atoms with Crippen LogP contribution in [0.5, 0.6) is 0 Å². The number of likely N-dealkylation sites (tertiary alicyclic amines) is 1. The summed E-state index contributed by atoms with van der Waals surface area (Å²) in [5.74, 6) is 0.116. The number of piperidine rings is 1. The maximum Gasteiger partial charge on any atom is 0.254 e. The van der Waals surface area contributed by atoms with Gasteiger partial charge >= 0.3 is 0 Å². The van der Waals surface area contributed by atoms with Crippen LogP contribution in [0.3, 0.4) is 0 Å². The van der Waals surface area contributed by atoms with Crippen molar-refractivity contribution < 1.29 is 14.0 Å². The average Bonchev–Trinajstić information content (AvgIpc) is 2.73. The maximum absolute atomic E-state index is 13.0. The Morgan fingerprint density at radius 3 is 2.63 bits per heavy atom. The van der Waals surface area contributed by atoms with Crippen LogP contribution in [-0.4, -0.2) is 58.8 Å². The van der Waals surface area contributed by atoms with Gasteiger partial charge in [0.05, 0.1) is 23.8 Å². The number of likely N-dealkylation sites (N-methyl/N-ethyl adjacent to an activating group) is 1. The van der Waals surface area contributed by atoms with Gasteiger partial charge in [0.2, 0.25) is 5.91 Å². The number of aryl methyl sites for hydroxylation is 1. The van der Waals surface area contributed by atoms with Crippen molar-refractivity contribution in [3.05, 3.63) is 58.9 Å². The summed E-state index contributed by atoms with van der Waals surface area (Å²) in [6.45, 7) is 3.24. The molecule has 1 aliphatic heterocycles. The number of carbonyl (C=O) groups is 2. The summed E-state index contributed by atoms with van der Waals surface area (Å²) >= 11 is 0. The lowest BCUT2D eigenvalue weighted by atomic mass is 10.0. The highest BCUT2D eigenvalue weighted by Crippen LogP contribution is 2.29. The largest absolute Gasteiger partial charge is 0.348 e. The van der Waals surface area contributed by atoms with Gasteiger partial charge in [-0.3, -0.25) is 14.5 Å². The van der Waals surface area contributed by atoms with Gasteiger partial charge in [-0.25, -0.2) is 14.4 Å². The van der Waals surface area contributed by atoms with Gasteiger partial charge in [0.25, 0.3) is 5.91 Å². The third kappa shape index (κ3) is 5.38. The van der Waals surface area contributed by atoms with Crippen molar-refractivity contribution in [3.63, 3.8) is 0 Å². The molecule has 0 bridgehead atoms. The van der Waals surface area contributed by atoms with Crippen molar-refractivity contribution in [2.45, 2.75) is 38.8 Å². The van der Waals surface area contributed by atoms with Gasteiger partial charge in [-0.05, 0) is 44.0 Å². The number of nitrogens with one attached hydrogen (secondary N) is 1. The summed E-state index contributed by atoms with van der Waals surface area (Å²) in [6.07, 6.45) is 4.54. The van der Waals surface area contributed by atoms with Gasteiger partial charge in [0.1, 0.15) is 11.6 Å². The molecule has 1 unspecified atom stereocenters. The smallest absolute Gasteiger partial charge is 0.254 e. The zero-order chi connectivity index (χ0) is 21.7. The number of hydrogen-bond acceptors (Lipinski definition) is 5. The standard InChI is InChI=1S/C22H28FN5O2/c1-15-18(22(30)25-12-16-7-9-17(23)10-8-16)13-24-21(26-15)19-6-4-5-11-28(19)14-20(29)27(2)3/h7-10,13,19H,4-6,11-12,14H2,1-3H3,(H,25,30). The Morgan fingerprint density at radius 1 is 1.23 bits per heavy atom. The first-order valence-electron chi connectivity index (χ1n) is 10.2. The van der Waals surface area contributed by atoms with Crippen LogP contribution >= 0.6 is 0 Å². The number of carbonyl (C=O) groups excluding carboxylic acids is 2. The van der Waals surface area contributed by atoms with E-state index in [9.17, 15) is 14.0 Å². The molecule has 2 aromatic rings. The second-order valence-corrected chi connectivity index (χ2v) is 7.81. The van der Waals surface area contributed by atoms with Crippen molar-refractivity contribution in [2.75, 3.05) is 27.2 Å². The van der Waals surface area contributed by atoms with Crippen LogP contribution in [0.2, 0.25) is 0 Å². The Labute approximate surface area is 176 Å². The number of rotatable bonds is 6. The van der Waals surface area contributed by atoms with E-state index in [1.54, 1.807) is 44.2 Å². The second kappa shape index (κ2) is 9.75. The molecule has 0 saturated carbocycles. The normalized spacial score (nSPS) is 16.9. The molecule has 30 heavy (non-hydrogen) atoms. The predicted octanol–water partition coefficient (Wildman–Crippen LogP) is 2.47. The SMILES string of the molecule is Cc1nc(C2CCCCN2CC(=O)N(C)C)ncc1C(=O)NCc1ccc(F)cc1. The van der Waals surface area contributed by atoms with E-state index in [-0.39, 0.29) is 23.7 Å². The lowest BCUT2D eigenvalue weighted by molar-refractivity contribution is -0.130. The third-order valence-electron chi connectivity index (χ3n) is 5.36. The minimum absolute atomic E-state index is 0.0299. The minimum atomic E-state index is -0.311. The van der Waals surface area contributed by atoms with E-state index >= 15 is 0 Å². The van der Waals surface area contributed by atoms with E-state index in [1.807, 2.05) is 0 Å². The van der Waals surface area contributed by atoms with Crippen molar-refractivity contribution in [1.82, 2.24) is 25.1 Å². The lowest BCUT2D eigenvalue weighted by Gasteiger charge is -2.34. The quantitative estimate of drug-likeness (QED) is 0.787. The molecule has 1 aromatic heterocycles. The van der Waals surface area contributed by atoms with E-state index < -0.39 is 0 Å². The molecule has 1 atom stereocenters. The highest BCUT2D eigenvalue weighted by atomic mass is 19.1. The highest BCUT2D eigenvalue weighted by Gasteiger charge is 2.28. The summed E-state index contributed by atoms with van der Waals surface area (Å²) in [4.78, 5) is 37.5. The fourth-order valence-electron chi connectivity index (χ4n) is 3.54. The van der Waals surface area contributed by atoms with Crippen LogP contribution in [-0.2, 0) is 11.3 Å². The molecule has 1 fully saturated rings. The number of nitrogens with zero attached hydrogens (tertiary/aromatic N) is 4. The molecule has 1 aromatic carbocycles. The Balaban J connectivity index is 1.69. The van der Waals surface area contributed by atoms with Crippen molar-refractivity contribution >= 4 is 11.8 Å². The van der Waals surface area contributed by atoms with Crippen molar-refractivity contribution in [1.29, 1.82) is 0 Å². The molecular formula is C22H28FN5O2. The first-order valence-corrected chi connectivity index (χ1v) is 10.2. The van der Waals surface area contributed by atoms with Gasteiger partial charge in [0.15, 0.2) is 0 Å². The number of halogens is 1. The van der Waals surface area contributed by atoms with Gasteiger partial charge in [0, 0.05) is 26.8 Å². The number of hydrogen-bond donors (Lipinski definition) is 1. The second-order valence-electron chi connectivity index (χ2n) is 7.81. The molecule has 0 aliphatic carbocycles. The molecule has 2 amide bonds. The molecular weight excluding hydrogens is 385 g/mol. The molecule has 2 heterocycles. The summed E-state index contributed by atoms with van der Waals surface area (Å²) in [7, 11) is 3.50. The van der Waals surface area contributed by atoms with Crippen molar-refractivity contribution in [3.8, 4) is 0 Å². The highest BCUT2D eigenvalue weighted by molar-refractivity contribution is 5.94. The Morgan fingerprint density at radius 2 is 1.97 bits per heavy atom. The molecule has 7 nitrogen and oxygen atoms in total. The van der Waals surface area contributed by atoms with Gasteiger partial charge in [-0.1, -0.05) is 18.6 Å². The maximum atomic E-state index is 13.0. The Kier molecular flexibility index (Phi) is 7.10. The molecule has 0 spiro atoms. The van der Waals surface area contributed by atoms with Crippen LogP contribution < -0.4 is 5.32 Å². The first-order chi connectivity index (χ1) is 14.3. The van der Waals surface area contributed by atoms with Crippen LogP contribution in [0.4, 0.5) is 4.39 Å². The third-order valence-corrected chi connectivity index (χ3v) is 5.36. The Hall–Kier alpha value is -2.87. The van der Waals surface area contributed by atoms with Crippen LogP contribution in [0, 0.1) is 12.7 Å². The molecule has 3 rings (SSSR count). The zero-order valence-corrected chi connectivity index (χ0v) is 17.7. The van der Waals surface area contributed by atoms with Gasteiger partial charge in [-0.15, -0.1) is 0 Å². The molecule has 1 aliphatic rings. The molecule has 0 radical (unpaired) electrons. The van der Waals surface area contributed by atoms with Crippen LogP contribution in [0.25, 0.3) is 0 Å². The molecule has 1 saturated heterocycles. The number of benzene rings is 1. The number of amides is 2. The summed E-state index contributed by atoms with van der Waals surface area (Å²) in [5, 5.41) is 2.82. The van der Waals surface area contributed by atoms with E-state index in [0.717, 1.165) is 31.4 Å². The molecule has 160 valence electrons. The fraction of sp³-hybridized carbons (Fsp3) is 0.455. The number of aromatic nitrogens is 2. The van der Waals surface area contributed by atoms with Crippen LogP contribution in [0.1, 0.15) is 52.7 Å². The van der Waals surface area contributed by atoms with E-state index in [1.165, 1.54) is 12.1 Å².